The van der Waals surface area contributed by atoms with Gasteiger partial charge in [-0.05, 0) is 58.5 Å². The highest BCUT2D eigenvalue weighted by atomic mass is 127. The Labute approximate surface area is 181 Å². The van der Waals surface area contributed by atoms with Crippen LogP contribution in [-0.4, -0.2) is 23.8 Å². The Morgan fingerprint density at radius 2 is 1.75 bits per heavy atom. The zero-order valence-corrected chi connectivity index (χ0v) is 18.3. The van der Waals surface area contributed by atoms with Gasteiger partial charge in [-0.1, -0.05) is 34.7 Å². The van der Waals surface area contributed by atoms with E-state index in [2.05, 4.69) is 62.8 Å². The van der Waals surface area contributed by atoms with Gasteiger partial charge in [0.25, 0.3) is 0 Å². The minimum atomic E-state index is 0.715. The van der Waals surface area contributed by atoms with Crippen LogP contribution in [0.3, 0.4) is 0 Å². The molecule has 2 aromatic heterocycles. The van der Waals surface area contributed by atoms with E-state index in [0.29, 0.717) is 5.65 Å². The van der Waals surface area contributed by atoms with Crippen LogP contribution in [0.15, 0.2) is 78.0 Å². The summed E-state index contributed by atoms with van der Waals surface area (Å²) in [6.45, 7) is 0. The summed E-state index contributed by atoms with van der Waals surface area (Å²) in [5.74, 6) is 0. The van der Waals surface area contributed by atoms with Gasteiger partial charge in [-0.3, -0.25) is 0 Å². The molecule has 0 amide bonds. The van der Waals surface area contributed by atoms with Crippen LogP contribution in [0.4, 0.5) is 5.69 Å². The Kier molecular flexibility index (Phi) is 5.74. The first-order valence-electron chi connectivity index (χ1n) is 8.63. The lowest BCUT2D eigenvalue weighted by atomic mass is 10.1. The fourth-order valence-electron chi connectivity index (χ4n) is 2.77. The van der Waals surface area contributed by atoms with E-state index in [-0.39, 0.29) is 0 Å². The van der Waals surface area contributed by atoms with E-state index >= 15 is 0 Å². The molecule has 0 aliphatic heterocycles. The molecule has 142 valence electrons. The van der Waals surface area contributed by atoms with Crippen LogP contribution in [-0.2, 0) is 4.33 Å². The molecule has 0 saturated carbocycles. The van der Waals surface area contributed by atoms with Crippen molar-refractivity contribution in [1.82, 2.24) is 9.71 Å². The molecule has 28 heavy (non-hydrogen) atoms. The molecule has 0 saturated heterocycles. The molecule has 0 aliphatic rings. The summed E-state index contributed by atoms with van der Waals surface area (Å²) in [7, 11) is 4.07. The molecule has 0 atom stereocenters. The van der Waals surface area contributed by atoms with Gasteiger partial charge in [0.15, 0.2) is 5.65 Å². The van der Waals surface area contributed by atoms with Crippen molar-refractivity contribution in [2.24, 2.45) is 0 Å². The molecule has 0 unspecified atom stereocenters. The molecule has 5 nitrogen and oxygen atoms in total. The predicted octanol–water partition coefficient (Wildman–Crippen LogP) is 5.44. The van der Waals surface area contributed by atoms with Crippen LogP contribution in [0.1, 0.15) is 0 Å². The molecular weight excluding hydrogens is 485 g/mol. The van der Waals surface area contributed by atoms with E-state index in [1.165, 1.54) is 5.69 Å². The second-order valence-electron chi connectivity index (χ2n) is 6.38. The zero-order chi connectivity index (χ0) is 19.5. The monoisotopic (exact) mass is 503 g/mol. The Morgan fingerprint density at radius 3 is 2.46 bits per heavy atom. The average Bonchev–Trinajstić information content (AvgIpc) is 3.04. The van der Waals surface area contributed by atoms with E-state index in [0.717, 1.165) is 37.0 Å². The molecule has 0 spiro atoms. The molecule has 2 aromatic carbocycles. The van der Waals surface area contributed by atoms with Crippen molar-refractivity contribution in [3.63, 3.8) is 0 Å². The molecule has 7 heteroatoms. The number of fused-ring (bicyclic) bond motifs is 1. The number of benzene rings is 2. The van der Waals surface area contributed by atoms with Gasteiger partial charge in [0.1, 0.15) is 0 Å². The number of rotatable bonds is 6. The highest BCUT2D eigenvalue weighted by Gasteiger charge is 2.12. The van der Waals surface area contributed by atoms with Gasteiger partial charge in [0, 0.05) is 45.4 Å². The Morgan fingerprint density at radius 1 is 1.00 bits per heavy atom. The lowest BCUT2D eigenvalue weighted by Crippen LogP contribution is -2.08. The highest BCUT2D eigenvalue weighted by molar-refractivity contribution is 14.1. The smallest absolute Gasteiger partial charge is 0.180 e. The Balaban J connectivity index is 1.54. The summed E-state index contributed by atoms with van der Waals surface area (Å²) in [5, 5.41) is 1.02. The first-order chi connectivity index (χ1) is 13.6. The predicted molar refractivity (Wildman–Crippen MR) is 122 cm³/mol. The fraction of sp³-hybridized carbons (Fsp3) is 0.0952. The molecule has 4 aromatic rings. The van der Waals surface area contributed by atoms with Crippen molar-refractivity contribution in [3.05, 3.63) is 76.6 Å². The topological polar surface area (TPSA) is 39.5 Å². The largest absolute Gasteiger partial charge is 0.378 e. The molecule has 0 bridgehead atoms. The number of halogens is 1. The molecule has 2 heterocycles. The van der Waals surface area contributed by atoms with E-state index < -0.39 is 0 Å². The maximum atomic E-state index is 5.44. The number of anilines is 1. The van der Waals surface area contributed by atoms with Crippen LogP contribution in [0, 0.1) is 3.57 Å². The van der Waals surface area contributed by atoms with E-state index in [1.807, 2.05) is 56.8 Å². The van der Waals surface area contributed by atoms with Crippen LogP contribution < -0.4 is 9.89 Å². The zero-order valence-electron chi connectivity index (χ0n) is 15.4. The number of hydrogen-bond donors (Lipinski definition) is 0. The Bertz CT molecular complexity index is 1080. The van der Waals surface area contributed by atoms with Crippen molar-refractivity contribution in [2.45, 2.75) is 4.90 Å². The third-order valence-electron chi connectivity index (χ3n) is 4.26. The van der Waals surface area contributed by atoms with Crippen molar-refractivity contribution in [2.75, 3.05) is 19.0 Å². The van der Waals surface area contributed by atoms with E-state index in [1.54, 1.807) is 4.73 Å². The van der Waals surface area contributed by atoms with Crippen molar-refractivity contribution in [1.29, 1.82) is 0 Å². The summed E-state index contributed by atoms with van der Waals surface area (Å²) < 4.78 is 7.90. The molecule has 0 aliphatic carbocycles. The second-order valence-corrected chi connectivity index (χ2v) is 8.31. The number of pyridine rings is 1. The molecule has 0 radical (unpaired) electrons. The molecule has 0 fully saturated rings. The second kappa shape index (κ2) is 8.42. The minimum absolute atomic E-state index is 0.715. The fourth-order valence-corrected chi connectivity index (χ4v) is 3.87. The van der Waals surface area contributed by atoms with Gasteiger partial charge < -0.3 is 4.90 Å². The maximum absolute atomic E-state index is 5.44. The molecular formula is C21H18IN3O2S. The van der Waals surface area contributed by atoms with Crippen LogP contribution in [0.2, 0.25) is 0 Å². The first kappa shape index (κ1) is 19.1. The van der Waals surface area contributed by atoms with Crippen LogP contribution in [0.25, 0.3) is 22.2 Å². The molecule has 0 N–H and O–H groups in total. The SMILES string of the molecule is CN(C)c1ccc(-c2cnc3c(c2)c(I)cn3OOSc2ccccc2)cc1. The quantitative estimate of drug-likeness (QED) is 0.152. The first-order valence-corrected chi connectivity index (χ1v) is 10.4. The Hall–Kier alpha value is -2.23. The minimum Gasteiger partial charge on any atom is -0.378 e. The summed E-state index contributed by atoms with van der Waals surface area (Å²) in [6, 6.07) is 20.3. The third kappa shape index (κ3) is 4.11. The third-order valence-corrected chi connectivity index (χ3v) is 5.72. The van der Waals surface area contributed by atoms with Gasteiger partial charge in [0.2, 0.25) is 0 Å². The van der Waals surface area contributed by atoms with Gasteiger partial charge in [0.05, 0.1) is 18.2 Å². The van der Waals surface area contributed by atoms with E-state index in [9.17, 15) is 0 Å². The van der Waals surface area contributed by atoms with E-state index in [4.69, 9.17) is 9.32 Å². The summed E-state index contributed by atoms with van der Waals surface area (Å²) in [5.41, 5.74) is 4.07. The van der Waals surface area contributed by atoms with Crippen molar-refractivity contribution < 1.29 is 9.32 Å². The summed E-state index contributed by atoms with van der Waals surface area (Å²) in [4.78, 5) is 13.1. The lowest BCUT2D eigenvalue weighted by Gasteiger charge is -2.12. The van der Waals surface area contributed by atoms with Crippen LogP contribution in [0.5, 0.6) is 0 Å². The van der Waals surface area contributed by atoms with Gasteiger partial charge in [-0.2, -0.15) is 0 Å². The highest BCUT2D eigenvalue weighted by Crippen LogP contribution is 2.28. The number of hydrogen-bond acceptors (Lipinski definition) is 5. The molecule has 4 rings (SSSR count). The number of nitrogens with zero attached hydrogens (tertiary/aromatic N) is 3. The van der Waals surface area contributed by atoms with Crippen LogP contribution >= 0.6 is 34.6 Å². The summed E-state index contributed by atoms with van der Waals surface area (Å²) in [6.07, 6.45) is 3.72. The van der Waals surface area contributed by atoms with Gasteiger partial charge in [-0.25, -0.2) is 9.97 Å². The van der Waals surface area contributed by atoms with Crippen molar-refractivity contribution in [3.8, 4) is 11.1 Å². The van der Waals surface area contributed by atoms with Crippen molar-refractivity contribution >= 4 is 51.4 Å². The maximum Gasteiger partial charge on any atom is 0.180 e. The van der Waals surface area contributed by atoms with Gasteiger partial charge in [-0.15, -0.1) is 4.73 Å². The lowest BCUT2D eigenvalue weighted by molar-refractivity contribution is -0.188. The normalized spacial score (nSPS) is 11.0. The number of aromatic nitrogens is 2. The van der Waals surface area contributed by atoms with Gasteiger partial charge >= 0.3 is 0 Å². The standard InChI is InChI=1S/C21H18IN3O2S/c1-24(2)17-10-8-15(9-11-17)16-12-19-20(22)14-25(21(19)23-13-16)26-27-28-18-6-4-3-5-7-18/h3-14H,1-2H3. The summed E-state index contributed by atoms with van der Waals surface area (Å²) >= 11 is 3.44. The average molecular weight is 503 g/mol.